The molecule has 42 heavy (non-hydrogen) atoms. The molecule has 1 amide bonds. The third-order valence-electron chi connectivity index (χ3n) is 8.09. The summed E-state index contributed by atoms with van der Waals surface area (Å²) in [5.74, 6) is -0.372. The van der Waals surface area contributed by atoms with Crippen molar-refractivity contribution in [2.45, 2.75) is 58.4 Å². The SMILES string of the molecule is C=C/C=C(\C)Nc1cc(-c2ccc3c(c2)C/C=C(/CC(=O)N2CCCCC2c2cc(F)cc(F)c2)CCO3)ccc1C. The number of likely N-dealkylation sites (tertiary alicyclic amines) is 1. The van der Waals surface area contributed by atoms with Crippen LogP contribution in [-0.2, 0) is 11.2 Å². The summed E-state index contributed by atoms with van der Waals surface area (Å²) >= 11 is 0. The topological polar surface area (TPSA) is 41.6 Å². The van der Waals surface area contributed by atoms with Gasteiger partial charge in [-0.1, -0.05) is 42.5 Å². The number of benzene rings is 3. The number of hydrogen-bond acceptors (Lipinski definition) is 3. The number of fused-ring (bicyclic) bond motifs is 1. The zero-order valence-electron chi connectivity index (χ0n) is 24.4. The van der Waals surface area contributed by atoms with E-state index in [2.05, 4.69) is 55.2 Å². The Balaban J connectivity index is 1.33. The zero-order valence-corrected chi connectivity index (χ0v) is 24.4. The third kappa shape index (κ3) is 6.99. The number of piperidine rings is 1. The van der Waals surface area contributed by atoms with Gasteiger partial charge in [-0.2, -0.15) is 0 Å². The lowest BCUT2D eigenvalue weighted by Gasteiger charge is -2.36. The van der Waals surface area contributed by atoms with E-state index in [9.17, 15) is 13.6 Å². The predicted octanol–water partition coefficient (Wildman–Crippen LogP) is 8.84. The maximum atomic E-state index is 14.0. The van der Waals surface area contributed by atoms with Gasteiger partial charge in [0.2, 0.25) is 5.91 Å². The van der Waals surface area contributed by atoms with Crippen LogP contribution in [0.3, 0.4) is 0 Å². The van der Waals surface area contributed by atoms with E-state index in [4.69, 9.17) is 4.74 Å². The smallest absolute Gasteiger partial charge is 0.227 e. The summed E-state index contributed by atoms with van der Waals surface area (Å²) in [5, 5.41) is 3.45. The molecule has 0 bridgehead atoms. The van der Waals surface area contributed by atoms with Crippen molar-refractivity contribution in [1.29, 1.82) is 0 Å². The first-order valence-electron chi connectivity index (χ1n) is 14.7. The number of carbonyl (C=O) groups is 1. The number of hydrogen-bond donors (Lipinski definition) is 1. The second kappa shape index (κ2) is 13.2. The first-order valence-corrected chi connectivity index (χ1v) is 14.7. The Hall–Kier alpha value is -4.19. The summed E-state index contributed by atoms with van der Waals surface area (Å²) in [4.78, 5) is 15.3. The Bertz CT molecular complexity index is 1520. The van der Waals surface area contributed by atoms with E-state index in [-0.39, 0.29) is 18.4 Å². The lowest BCUT2D eigenvalue weighted by atomic mass is 9.93. The molecular formula is C36H38F2N2O2. The van der Waals surface area contributed by atoms with E-state index in [0.717, 1.165) is 63.9 Å². The van der Waals surface area contributed by atoms with Crippen LogP contribution in [0.1, 0.15) is 61.8 Å². The third-order valence-corrected chi connectivity index (χ3v) is 8.09. The molecule has 2 aliphatic rings. The van der Waals surface area contributed by atoms with Crippen molar-refractivity contribution in [3.05, 3.63) is 119 Å². The van der Waals surface area contributed by atoms with Crippen LogP contribution in [0.4, 0.5) is 14.5 Å². The number of nitrogens with zero attached hydrogens (tertiary/aromatic N) is 1. The summed E-state index contributed by atoms with van der Waals surface area (Å²) in [6.07, 6.45) is 9.95. The van der Waals surface area contributed by atoms with E-state index in [1.54, 1.807) is 11.0 Å². The van der Waals surface area contributed by atoms with Crippen LogP contribution < -0.4 is 10.1 Å². The molecule has 1 fully saturated rings. The van der Waals surface area contributed by atoms with E-state index in [1.807, 2.05) is 19.1 Å². The predicted molar refractivity (Wildman–Crippen MR) is 165 cm³/mol. The molecule has 5 rings (SSSR count). The molecule has 3 aromatic carbocycles. The van der Waals surface area contributed by atoms with Crippen molar-refractivity contribution in [2.75, 3.05) is 18.5 Å². The molecule has 0 radical (unpaired) electrons. The number of anilines is 1. The highest BCUT2D eigenvalue weighted by Gasteiger charge is 2.29. The standard InChI is InChI=1S/C36H38F2N2O2/c1-4-7-25(3)39-33-22-28(11-9-24(33)2)27-13-14-35-29(19-27)12-10-26(15-17-42-35)18-36(41)40-16-6-5-8-34(40)30-20-31(37)23-32(38)21-30/h4,7,9-11,13-14,19-23,34,39H,1,5-6,8,12,15-18H2,2-3H3/b25-7+,26-10+. The van der Waals surface area contributed by atoms with Gasteiger partial charge in [0.25, 0.3) is 0 Å². The molecule has 1 N–H and O–H groups in total. The molecular weight excluding hydrogens is 530 g/mol. The van der Waals surface area contributed by atoms with E-state index < -0.39 is 11.6 Å². The lowest BCUT2D eigenvalue weighted by Crippen LogP contribution is -2.38. The maximum absolute atomic E-state index is 14.0. The summed E-state index contributed by atoms with van der Waals surface area (Å²) in [6.45, 7) is 8.94. The Morgan fingerprint density at radius 2 is 1.83 bits per heavy atom. The molecule has 218 valence electrons. The summed E-state index contributed by atoms with van der Waals surface area (Å²) in [7, 11) is 0. The number of carbonyl (C=O) groups excluding carboxylic acids is 1. The lowest BCUT2D eigenvalue weighted by molar-refractivity contribution is -0.134. The number of nitrogens with one attached hydrogen (secondary N) is 1. The van der Waals surface area contributed by atoms with Crippen molar-refractivity contribution < 1.29 is 18.3 Å². The van der Waals surface area contributed by atoms with E-state index >= 15 is 0 Å². The van der Waals surface area contributed by atoms with Crippen molar-refractivity contribution in [3.8, 4) is 16.9 Å². The van der Waals surface area contributed by atoms with Crippen molar-refractivity contribution in [1.82, 2.24) is 4.90 Å². The molecule has 0 aromatic heterocycles. The molecule has 1 unspecified atom stereocenters. The van der Waals surface area contributed by atoms with Crippen LogP contribution >= 0.6 is 0 Å². The average Bonchev–Trinajstić information content (AvgIpc) is 2.95. The average molecular weight is 569 g/mol. The number of aryl methyl sites for hydroxylation is 1. The van der Waals surface area contributed by atoms with Crippen LogP contribution in [0, 0.1) is 18.6 Å². The minimum Gasteiger partial charge on any atom is -0.493 e. The Morgan fingerprint density at radius 3 is 2.62 bits per heavy atom. The molecule has 2 aliphatic heterocycles. The summed E-state index contributed by atoms with van der Waals surface area (Å²) in [5.41, 5.74) is 8.03. The van der Waals surface area contributed by atoms with Gasteiger partial charge in [-0.15, -0.1) is 0 Å². The van der Waals surface area contributed by atoms with Gasteiger partial charge in [-0.3, -0.25) is 4.79 Å². The molecule has 4 nitrogen and oxygen atoms in total. The van der Waals surface area contributed by atoms with Gasteiger partial charge in [0, 0.05) is 36.8 Å². The van der Waals surface area contributed by atoms with Gasteiger partial charge in [-0.25, -0.2) is 8.78 Å². The second-order valence-electron chi connectivity index (χ2n) is 11.2. The highest BCUT2D eigenvalue weighted by atomic mass is 19.1. The second-order valence-corrected chi connectivity index (χ2v) is 11.2. The van der Waals surface area contributed by atoms with Gasteiger partial charge in [0.1, 0.15) is 17.4 Å². The molecule has 2 heterocycles. The summed E-state index contributed by atoms with van der Waals surface area (Å²) < 4.78 is 34.1. The molecule has 1 saturated heterocycles. The number of amides is 1. The van der Waals surface area contributed by atoms with Gasteiger partial charge < -0.3 is 15.0 Å². The van der Waals surface area contributed by atoms with Crippen molar-refractivity contribution in [2.24, 2.45) is 0 Å². The van der Waals surface area contributed by atoms with E-state index in [0.29, 0.717) is 38.0 Å². The van der Waals surface area contributed by atoms with Gasteiger partial charge >= 0.3 is 0 Å². The molecule has 0 aliphatic carbocycles. The first kappa shape index (κ1) is 29.3. The number of halogens is 2. The monoisotopic (exact) mass is 568 g/mol. The number of ether oxygens (including phenoxy) is 1. The van der Waals surface area contributed by atoms with Crippen LogP contribution in [0.2, 0.25) is 0 Å². The molecule has 0 saturated carbocycles. The fourth-order valence-corrected chi connectivity index (χ4v) is 5.88. The molecule has 1 atom stereocenters. The zero-order chi connectivity index (χ0) is 29.6. The van der Waals surface area contributed by atoms with Crippen LogP contribution in [-0.4, -0.2) is 24.0 Å². The van der Waals surface area contributed by atoms with Gasteiger partial charge in [0.05, 0.1) is 12.6 Å². The maximum Gasteiger partial charge on any atom is 0.227 e. The minimum atomic E-state index is -0.612. The van der Waals surface area contributed by atoms with E-state index in [1.165, 1.54) is 12.1 Å². The van der Waals surface area contributed by atoms with Gasteiger partial charge in [-0.05, 0) is 104 Å². The summed E-state index contributed by atoms with van der Waals surface area (Å²) in [6, 6.07) is 15.9. The highest BCUT2D eigenvalue weighted by molar-refractivity contribution is 5.79. The Labute approximate surface area is 247 Å². The normalized spacial score (nSPS) is 18.6. The Morgan fingerprint density at radius 1 is 1.07 bits per heavy atom. The highest BCUT2D eigenvalue weighted by Crippen LogP contribution is 2.35. The minimum absolute atomic E-state index is 0.00866. The molecule has 3 aromatic rings. The fraction of sp³-hybridized carbons (Fsp3) is 0.306. The van der Waals surface area contributed by atoms with Gasteiger partial charge in [0.15, 0.2) is 0 Å². The van der Waals surface area contributed by atoms with Crippen LogP contribution in [0.15, 0.2) is 90.7 Å². The van der Waals surface area contributed by atoms with Crippen molar-refractivity contribution in [3.63, 3.8) is 0 Å². The van der Waals surface area contributed by atoms with Crippen LogP contribution in [0.25, 0.3) is 11.1 Å². The Kier molecular flexibility index (Phi) is 9.21. The molecule has 6 heteroatoms. The fourth-order valence-electron chi connectivity index (χ4n) is 5.88. The number of allylic oxidation sites excluding steroid dienone is 4. The van der Waals surface area contributed by atoms with Crippen molar-refractivity contribution >= 4 is 11.6 Å². The quantitative estimate of drug-likeness (QED) is 0.229. The first-order chi connectivity index (χ1) is 20.3. The van der Waals surface area contributed by atoms with Crippen LogP contribution in [0.5, 0.6) is 5.75 Å². The largest absolute Gasteiger partial charge is 0.493 e. The number of rotatable bonds is 7. The molecule has 0 spiro atoms.